The van der Waals surface area contributed by atoms with Crippen LogP contribution in [0.15, 0.2) is 90.1 Å². The van der Waals surface area contributed by atoms with Crippen LogP contribution in [-0.2, 0) is 26.1 Å². The zero-order valence-corrected chi connectivity index (χ0v) is 18.8. The van der Waals surface area contributed by atoms with E-state index >= 15 is 0 Å². The average Bonchev–Trinajstić information content (AvgIpc) is 3.22. The quantitative estimate of drug-likeness (QED) is 0.434. The first-order valence-corrected chi connectivity index (χ1v) is 11.6. The molecule has 34 heavy (non-hydrogen) atoms. The van der Waals surface area contributed by atoms with Gasteiger partial charge in [0.1, 0.15) is 5.82 Å². The first kappa shape index (κ1) is 20.6. The summed E-state index contributed by atoms with van der Waals surface area (Å²) in [7, 11) is 0. The van der Waals surface area contributed by atoms with Crippen molar-refractivity contribution in [3.05, 3.63) is 118 Å². The Kier molecular flexibility index (Phi) is 5.28. The Hall–Kier alpha value is -4.03. The molecule has 0 atom stereocenters. The number of rotatable bonds is 5. The lowest BCUT2D eigenvalue weighted by molar-refractivity contribution is 0.242. The van der Waals surface area contributed by atoms with Crippen LogP contribution in [0, 0.1) is 0 Å². The van der Waals surface area contributed by atoms with E-state index in [4.69, 9.17) is 4.98 Å². The maximum Gasteiger partial charge on any atom is 0.255 e. The van der Waals surface area contributed by atoms with Crippen LogP contribution in [0.3, 0.4) is 0 Å². The Morgan fingerprint density at radius 2 is 1.79 bits per heavy atom. The van der Waals surface area contributed by atoms with Gasteiger partial charge in [-0.3, -0.25) is 14.7 Å². The molecule has 0 aliphatic carbocycles. The van der Waals surface area contributed by atoms with E-state index in [1.165, 1.54) is 22.0 Å². The van der Waals surface area contributed by atoms with Crippen molar-refractivity contribution in [2.75, 3.05) is 6.54 Å². The van der Waals surface area contributed by atoms with Crippen molar-refractivity contribution < 1.29 is 0 Å². The van der Waals surface area contributed by atoms with E-state index in [1.54, 1.807) is 12.4 Å². The molecule has 0 radical (unpaired) electrons. The van der Waals surface area contributed by atoms with Gasteiger partial charge in [-0.1, -0.05) is 48.5 Å². The molecule has 6 heteroatoms. The van der Waals surface area contributed by atoms with E-state index in [1.807, 2.05) is 18.2 Å². The minimum atomic E-state index is -0.0555. The van der Waals surface area contributed by atoms with Crippen LogP contribution in [-0.4, -0.2) is 31.0 Å². The fourth-order valence-electron chi connectivity index (χ4n) is 4.86. The fourth-order valence-corrected chi connectivity index (χ4v) is 4.86. The Morgan fingerprint density at radius 3 is 2.65 bits per heavy atom. The lowest BCUT2D eigenvalue weighted by Gasteiger charge is -2.27. The van der Waals surface area contributed by atoms with E-state index < -0.39 is 0 Å². The molecular weight excluding hydrogens is 422 g/mol. The number of pyridine rings is 1. The van der Waals surface area contributed by atoms with Crippen LogP contribution in [0.25, 0.3) is 22.3 Å². The molecule has 0 saturated carbocycles. The standard InChI is InChI=1S/C28H25N5O/c34-28-24-19-32(14-12-25(24)30-27(31-28)21-9-6-13-29-15-21)17-22-18-33(16-20-7-2-1-3-8-20)26-11-5-4-10-23(22)26/h1-11,13,15,18H,12,14,16-17,19H2,(H,30,31,34). The molecule has 1 aliphatic rings. The molecule has 5 aromatic rings. The molecule has 4 heterocycles. The van der Waals surface area contributed by atoms with E-state index in [2.05, 4.69) is 74.2 Å². The topological polar surface area (TPSA) is 66.8 Å². The second-order valence-corrected chi connectivity index (χ2v) is 8.83. The summed E-state index contributed by atoms with van der Waals surface area (Å²) in [5.41, 5.74) is 6.24. The third kappa shape index (κ3) is 3.93. The van der Waals surface area contributed by atoms with Crippen LogP contribution in [0.4, 0.5) is 0 Å². The van der Waals surface area contributed by atoms with Gasteiger partial charge < -0.3 is 9.55 Å². The highest BCUT2D eigenvalue weighted by molar-refractivity contribution is 5.84. The number of nitrogens with one attached hydrogen (secondary N) is 1. The molecule has 0 bridgehead atoms. The molecule has 0 amide bonds. The summed E-state index contributed by atoms with van der Waals surface area (Å²) < 4.78 is 2.33. The van der Waals surface area contributed by atoms with Crippen molar-refractivity contribution in [2.24, 2.45) is 0 Å². The van der Waals surface area contributed by atoms with Crippen molar-refractivity contribution in [1.29, 1.82) is 0 Å². The predicted octanol–water partition coefficient (Wildman–Crippen LogP) is 4.39. The summed E-state index contributed by atoms with van der Waals surface area (Å²) in [4.78, 5) is 27.1. The van der Waals surface area contributed by atoms with E-state index in [9.17, 15) is 4.79 Å². The van der Waals surface area contributed by atoms with Gasteiger partial charge in [0.15, 0.2) is 0 Å². The van der Waals surface area contributed by atoms with E-state index in [0.29, 0.717) is 12.4 Å². The zero-order valence-electron chi connectivity index (χ0n) is 18.8. The molecular formula is C28H25N5O. The maximum absolute atomic E-state index is 12.9. The summed E-state index contributed by atoms with van der Waals surface area (Å²) >= 11 is 0. The van der Waals surface area contributed by atoms with Gasteiger partial charge in [-0.25, -0.2) is 4.98 Å². The highest BCUT2D eigenvalue weighted by Gasteiger charge is 2.23. The number of hydrogen-bond acceptors (Lipinski definition) is 4. The Labute approximate surface area is 197 Å². The molecule has 0 saturated heterocycles. The summed E-state index contributed by atoms with van der Waals surface area (Å²) in [6.07, 6.45) is 6.47. The lowest BCUT2D eigenvalue weighted by Crippen LogP contribution is -2.35. The number of H-pyrrole nitrogens is 1. The normalized spacial score (nSPS) is 13.8. The Balaban J connectivity index is 1.27. The Morgan fingerprint density at radius 1 is 0.941 bits per heavy atom. The molecule has 1 aliphatic heterocycles. The van der Waals surface area contributed by atoms with E-state index in [0.717, 1.165) is 42.9 Å². The number of para-hydroxylation sites is 1. The van der Waals surface area contributed by atoms with Crippen molar-refractivity contribution >= 4 is 10.9 Å². The van der Waals surface area contributed by atoms with Gasteiger partial charge in [-0.15, -0.1) is 0 Å². The molecule has 168 valence electrons. The molecule has 0 unspecified atom stereocenters. The van der Waals surface area contributed by atoms with Crippen molar-refractivity contribution in [2.45, 2.75) is 26.1 Å². The maximum atomic E-state index is 12.9. The first-order chi connectivity index (χ1) is 16.7. The van der Waals surface area contributed by atoms with Gasteiger partial charge >= 0.3 is 0 Å². The second-order valence-electron chi connectivity index (χ2n) is 8.83. The van der Waals surface area contributed by atoms with Gasteiger partial charge in [0.2, 0.25) is 0 Å². The molecule has 0 fully saturated rings. The van der Waals surface area contributed by atoms with Crippen molar-refractivity contribution in [1.82, 2.24) is 24.4 Å². The van der Waals surface area contributed by atoms with Crippen LogP contribution < -0.4 is 5.56 Å². The fraction of sp³-hybridized carbons (Fsp3) is 0.179. The molecule has 6 nitrogen and oxygen atoms in total. The SMILES string of the molecule is O=c1[nH]c(-c2cccnc2)nc2c1CN(Cc1cn(Cc3ccccc3)c3ccccc13)CC2. The highest BCUT2D eigenvalue weighted by atomic mass is 16.1. The molecule has 3 aromatic heterocycles. The van der Waals surface area contributed by atoms with Gasteiger partial charge in [0.05, 0.1) is 11.3 Å². The monoisotopic (exact) mass is 447 g/mol. The number of aromatic nitrogens is 4. The molecule has 2 aromatic carbocycles. The third-order valence-corrected chi connectivity index (χ3v) is 6.54. The van der Waals surface area contributed by atoms with Gasteiger partial charge in [0.25, 0.3) is 5.56 Å². The highest BCUT2D eigenvalue weighted by Crippen LogP contribution is 2.26. The molecule has 1 N–H and O–H groups in total. The summed E-state index contributed by atoms with van der Waals surface area (Å²) in [5.74, 6) is 0.592. The van der Waals surface area contributed by atoms with Crippen LogP contribution in [0.2, 0.25) is 0 Å². The molecule has 6 rings (SSSR count). The van der Waals surface area contributed by atoms with Gasteiger partial charge in [-0.2, -0.15) is 0 Å². The van der Waals surface area contributed by atoms with E-state index in [-0.39, 0.29) is 5.56 Å². The number of fused-ring (bicyclic) bond motifs is 2. The van der Waals surface area contributed by atoms with Gasteiger partial charge in [-0.05, 0) is 29.3 Å². The number of aromatic amines is 1. The van der Waals surface area contributed by atoms with Crippen molar-refractivity contribution in [3.63, 3.8) is 0 Å². The van der Waals surface area contributed by atoms with Crippen LogP contribution in [0.1, 0.15) is 22.4 Å². The number of hydrogen-bond donors (Lipinski definition) is 1. The van der Waals surface area contributed by atoms with Crippen molar-refractivity contribution in [3.8, 4) is 11.4 Å². The predicted molar refractivity (Wildman–Crippen MR) is 133 cm³/mol. The second kappa shape index (κ2) is 8.72. The lowest BCUT2D eigenvalue weighted by atomic mass is 10.1. The minimum absolute atomic E-state index is 0.0555. The van der Waals surface area contributed by atoms with Crippen LogP contribution in [0.5, 0.6) is 0 Å². The summed E-state index contributed by atoms with van der Waals surface area (Å²) in [6, 6.07) is 22.9. The third-order valence-electron chi connectivity index (χ3n) is 6.54. The number of nitrogens with zero attached hydrogens (tertiary/aromatic N) is 4. The largest absolute Gasteiger partial charge is 0.343 e. The van der Waals surface area contributed by atoms with Crippen LogP contribution >= 0.6 is 0 Å². The smallest absolute Gasteiger partial charge is 0.255 e. The van der Waals surface area contributed by atoms with Gasteiger partial charge in [0, 0.05) is 67.7 Å². The molecule has 0 spiro atoms. The Bertz CT molecular complexity index is 1500. The first-order valence-electron chi connectivity index (χ1n) is 11.6. The minimum Gasteiger partial charge on any atom is -0.343 e. The number of benzene rings is 2. The summed E-state index contributed by atoms with van der Waals surface area (Å²) in [5, 5.41) is 1.27. The average molecular weight is 448 g/mol. The summed E-state index contributed by atoms with van der Waals surface area (Å²) in [6.45, 7) is 3.10. The zero-order chi connectivity index (χ0) is 22.9.